The molecule has 3 heterocycles. The number of rotatable bonds is 9. The second-order valence-electron chi connectivity index (χ2n) is 6.74. The molecule has 3 rings (SSSR count). The van der Waals surface area contributed by atoms with Gasteiger partial charge in [0.2, 0.25) is 0 Å². The van der Waals surface area contributed by atoms with E-state index in [2.05, 4.69) is 28.1 Å². The summed E-state index contributed by atoms with van der Waals surface area (Å²) >= 11 is 0. The fourth-order valence-electron chi connectivity index (χ4n) is 2.95. The molecule has 0 aromatic carbocycles. The monoisotopic (exact) mass is 537 g/mol. The molecule has 0 bridgehead atoms. The van der Waals surface area contributed by atoms with E-state index in [0.29, 0.717) is 0 Å². The molecule has 6 atom stereocenters. The number of aromatic nitrogens is 4. The number of imidazole rings is 1. The molecule has 1 aliphatic rings. The highest BCUT2D eigenvalue weighted by molar-refractivity contribution is 7.66. The number of phosphoric acid groups is 3. The van der Waals surface area contributed by atoms with Crippen LogP contribution in [0.15, 0.2) is 12.7 Å². The third kappa shape index (κ3) is 5.82. The van der Waals surface area contributed by atoms with Crippen LogP contribution in [0, 0.1) is 0 Å². The van der Waals surface area contributed by atoms with Crippen LogP contribution < -0.4 is 5.48 Å². The van der Waals surface area contributed by atoms with Crippen LogP contribution in [0.1, 0.15) is 13.2 Å². The average molecular weight is 537 g/mol. The number of aliphatic hydroxyl groups is 2. The van der Waals surface area contributed by atoms with Crippen LogP contribution in [0.5, 0.6) is 0 Å². The van der Waals surface area contributed by atoms with Gasteiger partial charge in [-0.1, -0.05) is 0 Å². The summed E-state index contributed by atoms with van der Waals surface area (Å²) < 4.78 is 52.2. The molecule has 186 valence electrons. The Bertz CT molecular complexity index is 1170. The highest BCUT2D eigenvalue weighted by Gasteiger charge is 2.54. The standard InChI is InChI=1S/C11H18N5O14P3/c1-11(18)7(17)5(2-27-32(23,24)30-33(25,26)29-31(20,21)22)28-10(11)16-4-14-6-8(15-19)12-3-13-9(6)16/h3-5,7,10,17-19H,2H2,1H3,(H,23,24)(H,25,26)(H,12,13,15)(H2,20,21,22)/t5-,7-,10-,11+/m1/s1. The Morgan fingerprint density at radius 2 is 1.82 bits per heavy atom. The second kappa shape index (κ2) is 8.99. The molecule has 2 unspecified atom stereocenters. The minimum Gasteiger partial charge on any atom is -0.387 e. The van der Waals surface area contributed by atoms with E-state index in [9.17, 15) is 28.8 Å². The summed E-state index contributed by atoms with van der Waals surface area (Å²) in [4.78, 5) is 47.4. The predicted molar refractivity (Wildman–Crippen MR) is 101 cm³/mol. The molecule has 0 radical (unpaired) electrons. The zero-order valence-electron chi connectivity index (χ0n) is 16.2. The van der Waals surface area contributed by atoms with Crippen LogP contribution in [0.25, 0.3) is 11.2 Å². The van der Waals surface area contributed by atoms with Crippen molar-refractivity contribution in [2.45, 2.75) is 31.0 Å². The van der Waals surface area contributed by atoms with Gasteiger partial charge >= 0.3 is 23.5 Å². The highest BCUT2D eigenvalue weighted by Crippen LogP contribution is 2.66. The van der Waals surface area contributed by atoms with Crippen LogP contribution >= 0.6 is 23.5 Å². The number of nitrogens with zero attached hydrogens (tertiary/aromatic N) is 4. The van der Waals surface area contributed by atoms with Crippen molar-refractivity contribution in [3.63, 3.8) is 0 Å². The van der Waals surface area contributed by atoms with Gasteiger partial charge in [-0.25, -0.2) is 28.6 Å². The smallest absolute Gasteiger partial charge is 0.387 e. The SMILES string of the molecule is C[C@]1(O)[C@H](O)[C@@H](COP(=O)(O)OP(=O)(O)OP(=O)(O)O)O[C@H]1n1cnc2c(NO)ncnc21. The van der Waals surface area contributed by atoms with E-state index in [-0.39, 0.29) is 17.0 Å². The lowest BCUT2D eigenvalue weighted by Gasteiger charge is -2.27. The molecule has 0 spiro atoms. The van der Waals surface area contributed by atoms with E-state index in [1.807, 2.05) is 0 Å². The van der Waals surface area contributed by atoms with E-state index in [4.69, 9.17) is 24.6 Å². The number of fused-ring (bicyclic) bond motifs is 1. The molecule has 2 aromatic rings. The van der Waals surface area contributed by atoms with Crippen LogP contribution in [0.4, 0.5) is 5.82 Å². The van der Waals surface area contributed by atoms with Gasteiger partial charge < -0.3 is 34.5 Å². The zero-order chi connectivity index (χ0) is 24.8. The van der Waals surface area contributed by atoms with Crippen molar-refractivity contribution in [2.75, 3.05) is 12.1 Å². The number of hydrogen-bond donors (Lipinski definition) is 8. The van der Waals surface area contributed by atoms with Crippen molar-refractivity contribution >= 4 is 40.4 Å². The lowest BCUT2D eigenvalue weighted by atomic mass is 9.96. The number of aliphatic hydroxyl groups excluding tert-OH is 1. The van der Waals surface area contributed by atoms with Gasteiger partial charge in [-0.2, -0.15) is 8.62 Å². The summed E-state index contributed by atoms with van der Waals surface area (Å²) in [5.74, 6) is -0.0684. The van der Waals surface area contributed by atoms with Gasteiger partial charge in [-0.3, -0.25) is 19.8 Å². The van der Waals surface area contributed by atoms with Gasteiger partial charge in [-0.15, -0.1) is 0 Å². The Morgan fingerprint density at radius 1 is 1.15 bits per heavy atom. The third-order valence-corrected chi connectivity index (χ3v) is 8.09. The topological polar surface area (TPSA) is 285 Å². The average Bonchev–Trinajstić information content (AvgIpc) is 3.16. The highest BCUT2D eigenvalue weighted by atomic mass is 31.3. The predicted octanol–water partition coefficient (Wildman–Crippen LogP) is -1.02. The quantitative estimate of drug-likeness (QED) is 0.140. The van der Waals surface area contributed by atoms with Crippen molar-refractivity contribution in [1.29, 1.82) is 0 Å². The lowest BCUT2D eigenvalue weighted by molar-refractivity contribution is -0.0949. The Hall–Kier alpha value is -1.40. The van der Waals surface area contributed by atoms with Gasteiger partial charge in [0.1, 0.15) is 24.1 Å². The molecule has 2 aromatic heterocycles. The summed E-state index contributed by atoms with van der Waals surface area (Å²) in [7, 11) is -16.8. The Balaban J connectivity index is 1.76. The van der Waals surface area contributed by atoms with E-state index in [1.165, 1.54) is 4.57 Å². The van der Waals surface area contributed by atoms with Crippen molar-refractivity contribution in [2.24, 2.45) is 0 Å². The number of phosphoric ester groups is 1. The maximum Gasteiger partial charge on any atom is 0.490 e. The number of anilines is 1. The first-order chi connectivity index (χ1) is 15.1. The fraction of sp³-hybridized carbons (Fsp3) is 0.545. The maximum absolute atomic E-state index is 11.9. The summed E-state index contributed by atoms with van der Waals surface area (Å²) in [5.41, 5.74) is -0.116. The van der Waals surface area contributed by atoms with Crippen molar-refractivity contribution in [3.05, 3.63) is 12.7 Å². The summed E-state index contributed by atoms with van der Waals surface area (Å²) in [6.07, 6.45) is -2.47. The Kier molecular flexibility index (Phi) is 7.14. The van der Waals surface area contributed by atoms with Crippen molar-refractivity contribution < 1.29 is 66.6 Å². The largest absolute Gasteiger partial charge is 0.490 e. The van der Waals surface area contributed by atoms with E-state index < -0.39 is 54.1 Å². The van der Waals surface area contributed by atoms with E-state index in [0.717, 1.165) is 19.6 Å². The first kappa shape index (κ1) is 26.2. The van der Waals surface area contributed by atoms with Crippen LogP contribution in [-0.4, -0.2) is 78.9 Å². The molecule has 0 saturated carbocycles. The van der Waals surface area contributed by atoms with Gasteiger partial charge in [-0.05, 0) is 6.92 Å². The first-order valence-electron chi connectivity index (χ1n) is 8.48. The Labute approximate surface area is 183 Å². The molecule has 0 aliphatic carbocycles. The molecule has 8 N–H and O–H groups in total. The number of nitrogens with one attached hydrogen (secondary N) is 1. The molecule has 0 amide bonds. The van der Waals surface area contributed by atoms with Crippen LogP contribution in [0.2, 0.25) is 0 Å². The minimum absolute atomic E-state index is 0.0626. The van der Waals surface area contributed by atoms with Crippen molar-refractivity contribution in [1.82, 2.24) is 19.5 Å². The first-order valence-corrected chi connectivity index (χ1v) is 13.0. The number of ether oxygens (including phenoxy) is 1. The zero-order valence-corrected chi connectivity index (χ0v) is 18.9. The van der Waals surface area contributed by atoms with Gasteiger partial charge in [0.25, 0.3) is 0 Å². The fourth-order valence-corrected chi connectivity index (χ4v) is 5.98. The van der Waals surface area contributed by atoms with Gasteiger partial charge in [0.15, 0.2) is 23.2 Å². The second-order valence-corrected chi connectivity index (χ2v) is 11.2. The molecule has 1 fully saturated rings. The maximum atomic E-state index is 11.9. The third-order valence-electron chi connectivity index (χ3n) is 4.29. The molecule has 33 heavy (non-hydrogen) atoms. The summed E-state index contributed by atoms with van der Waals surface area (Å²) in [6, 6.07) is 0. The Morgan fingerprint density at radius 3 is 2.42 bits per heavy atom. The van der Waals surface area contributed by atoms with E-state index >= 15 is 0 Å². The molecule has 1 aliphatic heterocycles. The molecular formula is C11H18N5O14P3. The van der Waals surface area contributed by atoms with E-state index in [1.54, 1.807) is 5.48 Å². The molecule has 19 nitrogen and oxygen atoms in total. The molecule has 1 saturated heterocycles. The van der Waals surface area contributed by atoms with Gasteiger partial charge in [0, 0.05) is 0 Å². The summed E-state index contributed by atoms with van der Waals surface area (Å²) in [5, 5.41) is 30.3. The molecule has 22 heteroatoms. The normalized spacial score (nSPS) is 29.6. The number of hydrogen-bond acceptors (Lipinski definition) is 14. The van der Waals surface area contributed by atoms with Crippen molar-refractivity contribution in [3.8, 4) is 0 Å². The lowest BCUT2D eigenvalue weighted by Crippen LogP contribution is -2.44. The summed E-state index contributed by atoms with van der Waals surface area (Å²) in [6.45, 7) is 0.161. The van der Waals surface area contributed by atoms with Crippen LogP contribution in [0.3, 0.4) is 0 Å². The molecular weight excluding hydrogens is 519 g/mol. The van der Waals surface area contributed by atoms with Gasteiger partial charge in [0.05, 0.1) is 12.9 Å². The minimum atomic E-state index is -5.73. The van der Waals surface area contributed by atoms with Crippen LogP contribution in [-0.2, 0) is 31.6 Å².